The molecule has 0 aliphatic carbocycles. The number of nitrogens with one attached hydrogen (secondary N) is 1. The molecular weight excluding hydrogens is 204 g/mol. The predicted molar refractivity (Wildman–Crippen MR) is 64.3 cm³/mol. The lowest BCUT2D eigenvalue weighted by Gasteiger charge is -2.22. The van der Waals surface area contributed by atoms with Crippen LogP contribution in [-0.4, -0.2) is 50.7 Å². The maximum atomic E-state index is 11.4. The molecule has 1 fully saturated rings. The summed E-state index contributed by atoms with van der Waals surface area (Å²) in [6, 6.07) is 0. The van der Waals surface area contributed by atoms with E-state index in [0.717, 1.165) is 32.0 Å². The summed E-state index contributed by atoms with van der Waals surface area (Å²) < 4.78 is 5.40. The number of ether oxygens (including phenoxy) is 1. The third-order valence-corrected chi connectivity index (χ3v) is 3.20. The number of piperidine rings is 1. The molecule has 0 aromatic rings. The molecule has 0 aromatic carbocycles. The van der Waals surface area contributed by atoms with Crippen molar-refractivity contribution in [1.82, 2.24) is 10.2 Å². The molecule has 0 spiro atoms. The number of carbonyl (C=O) groups is 1. The summed E-state index contributed by atoms with van der Waals surface area (Å²) in [6.45, 7) is 5.89. The van der Waals surface area contributed by atoms with Crippen LogP contribution in [0.15, 0.2) is 0 Å². The molecule has 1 N–H and O–H groups in total. The zero-order chi connectivity index (χ0) is 11.8. The predicted octanol–water partition coefficient (Wildman–Crippen LogP) is 0.871. The first-order chi connectivity index (χ1) is 7.74. The summed E-state index contributed by atoms with van der Waals surface area (Å²) in [5, 5.41) is 3.38. The Bertz CT molecular complexity index is 203. The summed E-state index contributed by atoms with van der Waals surface area (Å²) >= 11 is 0. The van der Waals surface area contributed by atoms with Crippen LogP contribution in [0.3, 0.4) is 0 Å². The lowest BCUT2D eigenvalue weighted by molar-refractivity contribution is -0.134. The maximum absolute atomic E-state index is 11.4. The molecule has 1 unspecified atom stereocenters. The van der Waals surface area contributed by atoms with Crippen LogP contribution in [0.1, 0.15) is 26.2 Å². The summed E-state index contributed by atoms with van der Waals surface area (Å²) in [5.74, 6) is 0.803. The van der Waals surface area contributed by atoms with Crippen molar-refractivity contribution in [1.29, 1.82) is 0 Å². The summed E-state index contributed by atoms with van der Waals surface area (Å²) in [5.41, 5.74) is 0. The average Bonchev–Trinajstić information content (AvgIpc) is 2.34. The number of nitrogens with zero attached hydrogens (tertiary/aromatic N) is 1. The Balaban J connectivity index is 2.00. The van der Waals surface area contributed by atoms with Gasteiger partial charge in [-0.15, -0.1) is 0 Å². The highest BCUT2D eigenvalue weighted by molar-refractivity contribution is 5.77. The Labute approximate surface area is 98.3 Å². The molecule has 1 aliphatic rings. The SMILES string of the molecule is CCN(C)C(=O)COCCC1CCCNC1. The van der Waals surface area contributed by atoms with Gasteiger partial charge in [-0.05, 0) is 45.2 Å². The van der Waals surface area contributed by atoms with Gasteiger partial charge in [-0.2, -0.15) is 0 Å². The van der Waals surface area contributed by atoms with E-state index in [2.05, 4.69) is 5.32 Å². The smallest absolute Gasteiger partial charge is 0.248 e. The van der Waals surface area contributed by atoms with Gasteiger partial charge in [0.2, 0.25) is 5.91 Å². The molecule has 1 saturated heterocycles. The Morgan fingerprint density at radius 2 is 2.38 bits per heavy atom. The topological polar surface area (TPSA) is 41.6 Å². The zero-order valence-corrected chi connectivity index (χ0v) is 10.5. The van der Waals surface area contributed by atoms with Crippen molar-refractivity contribution in [2.24, 2.45) is 5.92 Å². The van der Waals surface area contributed by atoms with Crippen molar-refractivity contribution >= 4 is 5.91 Å². The van der Waals surface area contributed by atoms with Gasteiger partial charge in [-0.3, -0.25) is 4.79 Å². The van der Waals surface area contributed by atoms with Crippen molar-refractivity contribution in [3.8, 4) is 0 Å². The Morgan fingerprint density at radius 1 is 1.56 bits per heavy atom. The van der Waals surface area contributed by atoms with E-state index in [4.69, 9.17) is 4.74 Å². The Kier molecular flexibility index (Phi) is 6.42. The third-order valence-electron chi connectivity index (χ3n) is 3.20. The van der Waals surface area contributed by atoms with Gasteiger partial charge in [0.1, 0.15) is 6.61 Å². The van der Waals surface area contributed by atoms with Crippen LogP contribution in [-0.2, 0) is 9.53 Å². The summed E-state index contributed by atoms with van der Waals surface area (Å²) in [7, 11) is 1.80. The van der Waals surface area contributed by atoms with E-state index < -0.39 is 0 Å². The number of carbonyl (C=O) groups excluding carboxylic acids is 1. The number of rotatable bonds is 6. The van der Waals surface area contributed by atoms with Crippen LogP contribution < -0.4 is 5.32 Å². The van der Waals surface area contributed by atoms with E-state index in [1.165, 1.54) is 12.8 Å². The molecule has 1 heterocycles. The van der Waals surface area contributed by atoms with E-state index in [9.17, 15) is 4.79 Å². The van der Waals surface area contributed by atoms with Crippen molar-refractivity contribution in [3.63, 3.8) is 0 Å². The normalized spacial score (nSPS) is 20.8. The van der Waals surface area contributed by atoms with Crippen LogP contribution in [0.25, 0.3) is 0 Å². The van der Waals surface area contributed by atoms with Gasteiger partial charge in [0, 0.05) is 20.2 Å². The molecule has 4 nitrogen and oxygen atoms in total. The molecule has 1 amide bonds. The lowest BCUT2D eigenvalue weighted by Crippen LogP contribution is -2.32. The summed E-state index contributed by atoms with van der Waals surface area (Å²) in [4.78, 5) is 13.1. The van der Waals surface area contributed by atoms with Crippen LogP contribution in [0.2, 0.25) is 0 Å². The van der Waals surface area contributed by atoms with E-state index in [0.29, 0.717) is 6.61 Å². The molecule has 0 bridgehead atoms. The van der Waals surface area contributed by atoms with Gasteiger partial charge in [-0.1, -0.05) is 0 Å². The van der Waals surface area contributed by atoms with Crippen molar-refractivity contribution in [2.75, 3.05) is 39.9 Å². The Hall–Kier alpha value is -0.610. The van der Waals surface area contributed by atoms with Crippen molar-refractivity contribution in [3.05, 3.63) is 0 Å². The van der Waals surface area contributed by atoms with Gasteiger partial charge >= 0.3 is 0 Å². The molecule has 4 heteroatoms. The number of hydrogen-bond donors (Lipinski definition) is 1. The van der Waals surface area contributed by atoms with E-state index in [1.54, 1.807) is 11.9 Å². The minimum Gasteiger partial charge on any atom is -0.372 e. The van der Waals surface area contributed by atoms with Gasteiger partial charge in [-0.25, -0.2) is 0 Å². The number of likely N-dealkylation sites (N-methyl/N-ethyl adjacent to an activating group) is 1. The van der Waals surface area contributed by atoms with Gasteiger partial charge < -0.3 is 15.0 Å². The zero-order valence-electron chi connectivity index (χ0n) is 10.5. The first kappa shape index (κ1) is 13.5. The largest absolute Gasteiger partial charge is 0.372 e. The van der Waals surface area contributed by atoms with Gasteiger partial charge in [0.25, 0.3) is 0 Å². The molecule has 0 saturated carbocycles. The quantitative estimate of drug-likeness (QED) is 0.686. The fourth-order valence-corrected chi connectivity index (χ4v) is 1.87. The second-order valence-corrected chi connectivity index (χ2v) is 4.46. The highest BCUT2D eigenvalue weighted by Gasteiger charge is 2.13. The molecule has 1 rings (SSSR count). The van der Waals surface area contributed by atoms with Crippen molar-refractivity contribution in [2.45, 2.75) is 26.2 Å². The molecular formula is C12H24N2O2. The summed E-state index contributed by atoms with van der Waals surface area (Å²) in [6.07, 6.45) is 3.62. The van der Waals surface area contributed by atoms with Crippen LogP contribution >= 0.6 is 0 Å². The number of hydrogen-bond acceptors (Lipinski definition) is 3. The van der Waals surface area contributed by atoms with E-state index in [1.807, 2.05) is 6.92 Å². The lowest BCUT2D eigenvalue weighted by atomic mass is 9.97. The monoisotopic (exact) mass is 228 g/mol. The first-order valence-electron chi connectivity index (χ1n) is 6.26. The van der Waals surface area contributed by atoms with Gasteiger partial charge in [0.05, 0.1) is 0 Å². The molecule has 0 aromatic heterocycles. The number of amides is 1. The second-order valence-electron chi connectivity index (χ2n) is 4.46. The van der Waals surface area contributed by atoms with Crippen LogP contribution in [0.5, 0.6) is 0 Å². The minimum atomic E-state index is 0.0734. The van der Waals surface area contributed by atoms with Crippen molar-refractivity contribution < 1.29 is 9.53 Å². The fourth-order valence-electron chi connectivity index (χ4n) is 1.87. The molecule has 94 valence electrons. The Morgan fingerprint density at radius 3 is 3.00 bits per heavy atom. The first-order valence-corrected chi connectivity index (χ1v) is 6.26. The standard InChI is InChI=1S/C12H24N2O2/c1-3-14(2)12(15)10-16-8-6-11-5-4-7-13-9-11/h11,13H,3-10H2,1-2H3. The molecule has 16 heavy (non-hydrogen) atoms. The fraction of sp³-hybridized carbons (Fsp3) is 0.917. The van der Waals surface area contributed by atoms with Gasteiger partial charge in [0.15, 0.2) is 0 Å². The second kappa shape index (κ2) is 7.63. The van der Waals surface area contributed by atoms with Crippen LogP contribution in [0.4, 0.5) is 0 Å². The maximum Gasteiger partial charge on any atom is 0.248 e. The van der Waals surface area contributed by atoms with E-state index in [-0.39, 0.29) is 12.5 Å². The van der Waals surface area contributed by atoms with E-state index >= 15 is 0 Å². The third kappa shape index (κ3) is 4.94. The molecule has 0 radical (unpaired) electrons. The highest BCUT2D eigenvalue weighted by Crippen LogP contribution is 2.13. The average molecular weight is 228 g/mol. The van der Waals surface area contributed by atoms with Crippen LogP contribution in [0, 0.1) is 5.92 Å². The molecule has 1 atom stereocenters. The molecule has 1 aliphatic heterocycles. The minimum absolute atomic E-state index is 0.0734. The highest BCUT2D eigenvalue weighted by atomic mass is 16.5.